The molecule has 4 nitrogen and oxygen atoms in total. The lowest BCUT2D eigenvalue weighted by molar-refractivity contribution is 0.0994. The van der Waals surface area contributed by atoms with E-state index in [1.807, 2.05) is 0 Å². The van der Waals surface area contributed by atoms with Gasteiger partial charge in [-0.15, -0.1) is 0 Å². The third-order valence-corrected chi connectivity index (χ3v) is 2.31. The SMILES string of the molecule is NC(=O)c1nc(Cl)nc2c1CCC2. The van der Waals surface area contributed by atoms with Crippen molar-refractivity contribution >= 4 is 17.5 Å². The minimum absolute atomic E-state index is 0.106. The largest absolute Gasteiger partial charge is 0.364 e. The molecule has 5 heteroatoms. The van der Waals surface area contributed by atoms with Crippen LogP contribution in [-0.4, -0.2) is 15.9 Å². The van der Waals surface area contributed by atoms with Gasteiger partial charge in [-0.3, -0.25) is 4.79 Å². The fourth-order valence-corrected chi connectivity index (χ4v) is 1.79. The molecule has 2 rings (SSSR count). The molecule has 1 aromatic heterocycles. The zero-order chi connectivity index (χ0) is 9.42. The van der Waals surface area contributed by atoms with Crippen molar-refractivity contribution < 1.29 is 4.79 Å². The number of hydrogen-bond donors (Lipinski definition) is 1. The zero-order valence-electron chi connectivity index (χ0n) is 6.88. The highest BCUT2D eigenvalue weighted by atomic mass is 35.5. The van der Waals surface area contributed by atoms with Crippen LogP contribution >= 0.6 is 11.6 Å². The molecule has 1 aliphatic carbocycles. The number of nitrogens with two attached hydrogens (primary N) is 1. The van der Waals surface area contributed by atoms with E-state index in [4.69, 9.17) is 17.3 Å². The van der Waals surface area contributed by atoms with Crippen LogP contribution in [0.3, 0.4) is 0 Å². The van der Waals surface area contributed by atoms with E-state index in [9.17, 15) is 4.79 Å². The van der Waals surface area contributed by atoms with Crippen LogP contribution < -0.4 is 5.73 Å². The monoisotopic (exact) mass is 197 g/mol. The van der Waals surface area contributed by atoms with Crippen LogP contribution in [0.25, 0.3) is 0 Å². The molecule has 0 radical (unpaired) electrons. The predicted octanol–water partition coefficient (Wildman–Crippen LogP) is 0.718. The highest BCUT2D eigenvalue weighted by Gasteiger charge is 2.21. The summed E-state index contributed by atoms with van der Waals surface area (Å²) in [6, 6.07) is 0. The minimum atomic E-state index is -0.526. The molecule has 1 aliphatic rings. The van der Waals surface area contributed by atoms with Crippen LogP contribution in [0.2, 0.25) is 5.28 Å². The number of carbonyl (C=O) groups excluding carboxylic acids is 1. The van der Waals surface area contributed by atoms with Gasteiger partial charge >= 0.3 is 0 Å². The maximum Gasteiger partial charge on any atom is 0.267 e. The first-order valence-corrected chi connectivity index (χ1v) is 4.41. The van der Waals surface area contributed by atoms with Crippen molar-refractivity contribution in [1.29, 1.82) is 0 Å². The standard InChI is InChI=1S/C8H8ClN3O/c9-8-11-5-3-1-2-4(5)6(12-8)7(10)13/h1-3H2,(H2,10,13). The molecule has 2 N–H and O–H groups in total. The number of aromatic nitrogens is 2. The molecule has 0 saturated carbocycles. The first-order chi connectivity index (χ1) is 6.18. The maximum atomic E-state index is 11.0. The van der Waals surface area contributed by atoms with Crippen molar-refractivity contribution in [2.24, 2.45) is 5.73 Å². The van der Waals surface area contributed by atoms with Crippen molar-refractivity contribution in [1.82, 2.24) is 9.97 Å². The molecule has 1 amide bonds. The topological polar surface area (TPSA) is 68.9 Å². The lowest BCUT2D eigenvalue weighted by atomic mass is 10.2. The summed E-state index contributed by atoms with van der Waals surface area (Å²) in [6.45, 7) is 0. The van der Waals surface area contributed by atoms with Gasteiger partial charge in [0.25, 0.3) is 5.91 Å². The van der Waals surface area contributed by atoms with Crippen molar-refractivity contribution in [2.75, 3.05) is 0 Å². The summed E-state index contributed by atoms with van der Waals surface area (Å²) in [5, 5.41) is 0.106. The Labute approximate surface area is 80.1 Å². The molecule has 0 atom stereocenters. The Bertz CT molecular complexity index is 378. The molecule has 68 valence electrons. The number of carbonyl (C=O) groups is 1. The van der Waals surface area contributed by atoms with Gasteiger partial charge in [-0.05, 0) is 30.9 Å². The summed E-state index contributed by atoms with van der Waals surface area (Å²) in [4.78, 5) is 18.9. The summed E-state index contributed by atoms with van der Waals surface area (Å²) in [7, 11) is 0. The predicted molar refractivity (Wildman–Crippen MR) is 47.6 cm³/mol. The second-order valence-electron chi connectivity index (χ2n) is 2.98. The van der Waals surface area contributed by atoms with E-state index in [2.05, 4.69) is 9.97 Å². The molecule has 0 bridgehead atoms. The van der Waals surface area contributed by atoms with E-state index in [1.165, 1.54) is 0 Å². The van der Waals surface area contributed by atoms with Crippen LogP contribution in [0, 0.1) is 0 Å². The van der Waals surface area contributed by atoms with Gasteiger partial charge in [-0.25, -0.2) is 9.97 Å². The second kappa shape index (κ2) is 2.96. The quantitative estimate of drug-likeness (QED) is 0.675. The molecule has 0 saturated heterocycles. The molecule has 13 heavy (non-hydrogen) atoms. The molecule has 0 fully saturated rings. The summed E-state index contributed by atoms with van der Waals surface area (Å²) >= 11 is 5.64. The Kier molecular flexibility index (Phi) is 1.92. The summed E-state index contributed by atoms with van der Waals surface area (Å²) in [6.07, 6.45) is 2.67. The molecule has 1 heterocycles. The minimum Gasteiger partial charge on any atom is -0.364 e. The molecular formula is C8H8ClN3O. The summed E-state index contributed by atoms with van der Waals surface area (Å²) in [5.74, 6) is -0.526. The Morgan fingerprint density at radius 2 is 2.15 bits per heavy atom. The van der Waals surface area contributed by atoms with Crippen molar-refractivity contribution in [2.45, 2.75) is 19.3 Å². The van der Waals surface area contributed by atoms with Crippen LogP contribution in [0.1, 0.15) is 28.2 Å². The number of halogens is 1. The van der Waals surface area contributed by atoms with Gasteiger partial charge in [-0.1, -0.05) is 0 Å². The number of primary amides is 1. The number of rotatable bonds is 1. The molecule has 0 aliphatic heterocycles. The highest BCUT2D eigenvalue weighted by molar-refractivity contribution is 6.28. The smallest absolute Gasteiger partial charge is 0.267 e. The van der Waals surface area contributed by atoms with Gasteiger partial charge in [0.15, 0.2) is 0 Å². The lowest BCUT2D eigenvalue weighted by Gasteiger charge is -2.02. The number of fused-ring (bicyclic) bond motifs is 1. The van der Waals surface area contributed by atoms with Gasteiger partial charge < -0.3 is 5.73 Å². The Morgan fingerprint density at radius 1 is 1.38 bits per heavy atom. The van der Waals surface area contributed by atoms with Crippen LogP contribution in [0.4, 0.5) is 0 Å². The van der Waals surface area contributed by atoms with E-state index in [1.54, 1.807) is 0 Å². The van der Waals surface area contributed by atoms with Crippen LogP contribution in [0.15, 0.2) is 0 Å². The Hall–Kier alpha value is -1.16. The Balaban J connectivity index is 2.62. The van der Waals surface area contributed by atoms with Gasteiger partial charge in [-0.2, -0.15) is 0 Å². The van der Waals surface area contributed by atoms with E-state index in [-0.39, 0.29) is 11.0 Å². The zero-order valence-corrected chi connectivity index (χ0v) is 7.64. The average Bonchev–Trinajstić information content (AvgIpc) is 2.49. The summed E-state index contributed by atoms with van der Waals surface area (Å²) in [5.41, 5.74) is 7.19. The van der Waals surface area contributed by atoms with E-state index in [0.717, 1.165) is 30.5 Å². The second-order valence-corrected chi connectivity index (χ2v) is 3.32. The van der Waals surface area contributed by atoms with Gasteiger partial charge in [0.1, 0.15) is 5.69 Å². The normalized spacial score (nSPS) is 14.2. The molecule has 0 unspecified atom stereocenters. The third-order valence-electron chi connectivity index (χ3n) is 2.14. The number of aryl methyl sites for hydroxylation is 1. The molecule has 1 aromatic rings. The van der Waals surface area contributed by atoms with Crippen LogP contribution in [-0.2, 0) is 12.8 Å². The number of hydrogen-bond acceptors (Lipinski definition) is 3. The van der Waals surface area contributed by atoms with Crippen LogP contribution in [0.5, 0.6) is 0 Å². The van der Waals surface area contributed by atoms with Gasteiger partial charge in [0.2, 0.25) is 5.28 Å². The van der Waals surface area contributed by atoms with E-state index >= 15 is 0 Å². The van der Waals surface area contributed by atoms with Gasteiger partial charge in [0, 0.05) is 11.3 Å². The highest BCUT2D eigenvalue weighted by Crippen LogP contribution is 2.23. The third kappa shape index (κ3) is 1.37. The first-order valence-electron chi connectivity index (χ1n) is 4.03. The van der Waals surface area contributed by atoms with E-state index < -0.39 is 5.91 Å². The van der Waals surface area contributed by atoms with Crippen molar-refractivity contribution in [3.05, 3.63) is 22.2 Å². The van der Waals surface area contributed by atoms with E-state index in [0.29, 0.717) is 0 Å². The fourth-order valence-electron chi connectivity index (χ4n) is 1.61. The maximum absolute atomic E-state index is 11.0. The Morgan fingerprint density at radius 3 is 2.85 bits per heavy atom. The van der Waals surface area contributed by atoms with Gasteiger partial charge in [0.05, 0.1) is 0 Å². The number of nitrogens with zero attached hydrogens (tertiary/aromatic N) is 2. The first kappa shape index (κ1) is 8.44. The number of amides is 1. The molecule has 0 spiro atoms. The fraction of sp³-hybridized carbons (Fsp3) is 0.375. The average molecular weight is 198 g/mol. The molecular weight excluding hydrogens is 190 g/mol. The summed E-state index contributed by atoms with van der Waals surface area (Å²) < 4.78 is 0. The lowest BCUT2D eigenvalue weighted by Crippen LogP contribution is -2.16. The van der Waals surface area contributed by atoms with Crippen molar-refractivity contribution in [3.63, 3.8) is 0 Å². The molecule has 0 aromatic carbocycles. The van der Waals surface area contributed by atoms with Crippen molar-refractivity contribution in [3.8, 4) is 0 Å².